The summed E-state index contributed by atoms with van der Waals surface area (Å²) in [6.07, 6.45) is 8.08. The smallest absolute Gasteiger partial charge is 0.117 e. The molecule has 0 spiro atoms. The van der Waals surface area contributed by atoms with Gasteiger partial charge in [0.2, 0.25) is 0 Å². The maximum Gasteiger partial charge on any atom is 0.117 e. The van der Waals surface area contributed by atoms with Crippen LogP contribution in [0.25, 0.3) is 0 Å². The summed E-state index contributed by atoms with van der Waals surface area (Å²) in [6.45, 7) is 9.28. The fraction of sp³-hybridized carbons (Fsp3) is 0.750. The van der Waals surface area contributed by atoms with Gasteiger partial charge in [0.15, 0.2) is 0 Å². The topological polar surface area (TPSA) is 42.4 Å². The highest BCUT2D eigenvalue weighted by Gasteiger charge is 2.29. The third-order valence-electron chi connectivity index (χ3n) is 4.08. The van der Waals surface area contributed by atoms with Gasteiger partial charge in [-0.05, 0) is 32.0 Å². The van der Waals surface area contributed by atoms with Crippen molar-refractivity contribution in [3.63, 3.8) is 0 Å². The lowest BCUT2D eigenvalue weighted by Crippen LogP contribution is -2.51. The van der Waals surface area contributed by atoms with Gasteiger partial charge in [-0.3, -0.25) is 4.90 Å². The lowest BCUT2D eigenvalue weighted by atomic mass is 9.91. The Labute approximate surface area is 118 Å². The van der Waals surface area contributed by atoms with Gasteiger partial charge < -0.3 is 10.2 Å². The van der Waals surface area contributed by atoms with E-state index in [1.165, 1.54) is 25.7 Å². The Balaban J connectivity index is 2.56. The maximum atomic E-state index is 6.05. The first-order valence-corrected chi connectivity index (χ1v) is 7.63. The van der Waals surface area contributed by atoms with Crippen molar-refractivity contribution in [3.05, 3.63) is 24.2 Å². The molecule has 1 heterocycles. The zero-order valence-corrected chi connectivity index (χ0v) is 12.8. The summed E-state index contributed by atoms with van der Waals surface area (Å²) in [7, 11) is 0. The molecule has 2 N–H and O–H groups in total. The monoisotopic (exact) mass is 266 g/mol. The fourth-order valence-corrected chi connectivity index (χ4v) is 2.60. The Morgan fingerprint density at radius 3 is 2.58 bits per heavy atom. The van der Waals surface area contributed by atoms with E-state index in [-0.39, 0.29) is 5.54 Å². The van der Waals surface area contributed by atoms with Gasteiger partial charge in [0, 0.05) is 12.1 Å². The molecule has 0 saturated heterocycles. The average Bonchev–Trinajstić information content (AvgIpc) is 2.93. The van der Waals surface area contributed by atoms with Crippen molar-refractivity contribution >= 4 is 0 Å². The zero-order valence-electron chi connectivity index (χ0n) is 12.8. The third kappa shape index (κ3) is 5.00. The Kier molecular flexibility index (Phi) is 7.17. The van der Waals surface area contributed by atoms with Crippen LogP contribution in [-0.4, -0.2) is 23.5 Å². The van der Waals surface area contributed by atoms with E-state index < -0.39 is 0 Å². The minimum atomic E-state index is 0.0787. The van der Waals surface area contributed by atoms with Crippen molar-refractivity contribution in [2.45, 2.75) is 65.0 Å². The molecule has 3 heteroatoms. The van der Waals surface area contributed by atoms with Gasteiger partial charge in [-0.1, -0.05) is 39.5 Å². The van der Waals surface area contributed by atoms with Crippen LogP contribution in [0.15, 0.2) is 22.8 Å². The minimum Gasteiger partial charge on any atom is -0.468 e. The van der Waals surface area contributed by atoms with Crippen molar-refractivity contribution in [3.8, 4) is 0 Å². The zero-order chi connectivity index (χ0) is 14.1. The third-order valence-corrected chi connectivity index (χ3v) is 4.08. The molecule has 3 nitrogen and oxygen atoms in total. The Hall–Kier alpha value is -0.800. The van der Waals surface area contributed by atoms with Gasteiger partial charge in [-0.25, -0.2) is 0 Å². The van der Waals surface area contributed by atoms with Crippen LogP contribution in [-0.2, 0) is 6.54 Å². The average molecular weight is 266 g/mol. The van der Waals surface area contributed by atoms with E-state index in [0.717, 1.165) is 25.3 Å². The highest BCUT2D eigenvalue weighted by molar-refractivity contribution is 5.00. The highest BCUT2D eigenvalue weighted by Crippen LogP contribution is 2.24. The van der Waals surface area contributed by atoms with Crippen molar-refractivity contribution in [2.24, 2.45) is 5.73 Å². The minimum absolute atomic E-state index is 0.0787. The molecule has 1 rings (SSSR count). The van der Waals surface area contributed by atoms with Crippen LogP contribution in [0.1, 0.15) is 58.6 Å². The molecule has 1 aromatic rings. The van der Waals surface area contributed by atoms with Crippen LogP contribution in [0, 0.1) is 0 Å². The molecule has 0 aliphatic rings. The summed E-state index contributed by atoms with van der Waals surface area (Å²) in [5.41, 5.74) is 6.13. The van der Waals surface area contributed by atoms with Crippen LogP contribution in [0.5, 0.6) is 0 Å². The molecule has 0 radical (unpaired) electrons. The molecule has 110 valence electrons. The van der Waals surface area contributed by atoms with Crippen molar-refractivity contribution < 1.29 is 4.42 Å². The van der Waals surface area contributed by atoms with Gasteiger partial charge in [-0.15, -0.1) is 0 Å². The maximum absolute atomic E-state index is 6.05. The number of rotatable bonds is 10. The molecular formula is C16H30N2O. The van der Waals surface area contributed by atoms with E-state index in [1.54, 1.807) is 6.26 Å². The number of likely N-dealkylation sites (N-methyl/N-ethyl adjacent to an activating group) is 1. The Morgan fingerprint density at radius 2 is 2.05 bits per heavy atom. The van der Waals surface area contributed by atoms with Crippen LogP contribution in [0.2, 0.25) is 0 Å². The van der Waals surface area contributed by atoms with E-state index in [1.807, 2.05) is 12.1 Å². The van der Waals surface area contributed by atoms with E-state index >= 15 is 0 Å². The lowest BCUT2D eigenvalue weighted by Gasteiger charge is -2.40. The number of nitrogens with two attached hydrogens (primary N) is 1. The van der Waals surface area contributed by atoms with Gasteiger partial charge in [0.1, 0.15) is 5.76 Å². The molecule has 0 bridgehead atoms. The van der Waals surface area contributed by atoms with Gasteiger partial charge in [-0.2, -0.15) is 0 Å². The summed E-state index contributed by atoms with van der Waals surface area (Å²) in [5, 5.41) is 0. The standard InChI is InChI=1S/C16H30N2O/c1-4-6-7-8-11-16(3,14-17)18(5-2)13-15-10-9-12-19-15/h9-10,12H,4-8,11,13-14,17H2,1-3H3. The summed E-state index contributed by atoms with van der Waals surface area (Å²) >= 11 is 0. The molecule has 19 heavy (non-hydrogen) atoms. The molecule has 0 amide bonds. The number of unbranched alkanes of at least 4 members (excludes halogenated alkanes) is 3. The van der Waals surface area contributed by atoms with Crippen molar-refractivity contribution in [1.29, 1.82) is 0 Å². The first-order chi connectivity index (χ1) is 9.16. The number of furan rings is 1. The van der Waals surface area contributed by atoms with E-state index in [9.17, 15) is 0 Å². The molecular weight excluding hydrogens is 236 g/mol. The van der Waals surface area contributed by atoms with Crippen molar-refractivity contribution in [2.75, 3.05) is 13.1 Å². The molecule has 0 aliphatic heterocycles. The Morgan fingerprint density at radius 1 is 1.26 bits per heavy atom. The second-order valence-electron chi connectivity index (χ2n) is 5.61. The number of hydrogen-bond donors (Lipinski definition) is 1. The van der Waals surface area contributed by atoms with E-state index in [0.29, 0.717) is 6.54 Å². The molecule has 0 aliphatic carbocycles. The molecule has 1 aromatic heterocycles. The summed E-state index contributed by atoms with van der Waals surface area (Å²) in [6, 6.07) is 3.99. The molecule has 0 aromatic carbocycles. The second-order valence-corrected chi connectivity index (χ2v) is 5.61. The molecule has 1 unspecified atom stereocenters. The van der Waals surface area contributed by atoms with Crippen LogP contribution < -0.4 is 5.73 Å². The first kappa shape index (κ1) is 16.3. The van der Waals surface area contributed by atoms with Gasteiger partial charge >= 0.3 is 0 Å². The number of hydrogen-bond acceptors (Lipinski definition) is 3. The van der Waals surface area contributed by atoms with Gasteiger partial charge in [0.25, 0.3) is 0 Å². The van der Waals surface area contributed by atoms with Crippen LogP contribution in [0.4, 0.5) is 0 Å². The van der Waals surface area contributed by atoms with E-state index in [4.69, 9.17) is 10.2 Å². The van der Waals surface area contributed by atoms with Gasteiger partial charge in [0.05, 0.1) is 12.8 Å². The number of nitrogens with zero attached hydrogens (tertiary/aromatic N) is 1. The normalized spacial score (nSPS) is 14.8. The summed E-state index contributed by atoms with van der Waals surface area (Å²) in [5.74, 6) is 1.02. The van der Waals surface area contributed by atoms with Crippen LogP contribution in [0.3, 0.4) is 0 Å². The molecule has 0 fully saturated rings. The fourth-order valence-electron chi connectivity index (χ4n) is 2.60. The largest absolute Gasteiger partial charge is 0.468 e. The predicted molar refractivity (Wildman–Crippen MR) is 81.0 cm³/mol. The molecule has 0 saturated carbocycles. The predicted octanol–water partition coefficient (Wildman–Crippen LogP) is 3.79. The summed E-state index contributed by atoms with van der Waals surface area (Å²) < 4.78 is 5.47. The second kappa shape index (κ2) is 8.39. The highest BCUT2D eigenvalue weighted by atomic mass is 16.3. The van der Waals surface area contributed by atoms with Crippen LogP contribution >= 0.6 is 0 Å². The Bertz CT molecular complexity index is 323. The lowest BCUT2D eigenvalue weighted by molar-refractivity contribution is 0.0885. The van der Waals surface area contributed by atoms with E-state index in [2.05, 4.69) is 25.7 Å². The molecule has 1 atom stereocenters. The summed E-state index contributed by atoms with van der Waals surface area (Å²) in [4.78, 5) is 2.44. The van der Waals surface area contributed by atoms with Crippen molar-refractivity contribution in [1.82, 2.24) is 4.90 Å². The SMILES string of the molecule is CCCCCCC(C)(CN)N(CC)Cc1ccco1. The first-order valence-electron chi connectivity index (χ1n) is 7.63. The quantitative estimate of drug-likeness (QED) is 0.655.